The van der Waals surface area contributed by atoms with Crippen molar-refractivity contribution in [2.24, 2.45) is 0 Å². The van der Waals surface area contributed by atoms with Crippen LogP contribution in [0.1, 0.15) is 23.1 Å². The number of fused-ring (bicyclic) bond motifs is 2. The van der Waals surface area contributed by atoms with Gasteiger partial charge in [-0.25, -0.2) is 12.4 Å². The molecule has 0 aliphatic carbocycles. The monoisotopic (exact) mass is 447 g/mol. The highest BCUT2D eigenvalue weighted by atomic mass is 32.2. The summed E-state index contributed by atoms with van der Waals surface area (Å²) < 4.78 is 34.1. The molecule has 32 heavy (non-hydrogen) atoms. The lowest BCUT2D eigenvalue weighted by molar-refractivity contribution is 0.215. The zero-order valence-corrected chi connectivity index (χ0v) is 18.3. The standard InChI is InChI=1S/C24H21N3O4S/c1-15-19-13-17(11-12-20(19)26-25-15)24(28)21-14-16-7-6-10-22(31-2)23(16)27(21)32(29,30)18-8-4-3-5-9-18/h3-14,24,28H,1-2H3,(H,25,26). The van der Waals surface area contributed by atoms with E-state index in [1.165, 1.54) is 23.2 Å². The van der Waals surface area contributed by atoms with Crippen LogP contribution in [0.4, 0.5) is 0 Å². The third-order valence-corrected chi connectivity index (χ3v) is 7.38. The summed E-state index contributed by atoms with van der Waals surface area (Å²) in [7, 11) is -2.53. The molecule has 0 aliphatic heterocycles. The Labute approximate surface area is 184 Å². The minimum atomic E-state index is -4.02. The summed E-state index contributed by atoms with van der Waals surface area (Å²) in [6.07, 6.45) is -1.19. The minimum Gasteiger partial charge on any atom is -0.495 e. The van der Waals surface area contributed by atoms with Crippen molar-refractivity contribution in [2.75, 3.05) is 7.11 Å². The molecule has 3 aromatic carbocycles. The molecule has 2 N–H and O–H groups in total. The summed E-state index contributed by atoms with van der Waals surface area (Å²) in [6, 6.07) is 20.5. The van der Waals surface area contributed by atoms with Crippen molar-refractivity contribution in [3.8, 4) is 5.75 Å². The molecule has 162 valence electrons. The van der Waals surface area contributed by atoms with Gasteiger partial charge in [0.05, 0.1) is 23.2 Å². The number of H-pyrrole nitrogens is 1. The molecule has 0 fully saturated rings. The Bertz CT molecular complexity index is 1550. The molecule has 2 aromatic heterocycles. The van der Waals surface area contributed by atoms with Crippen molar-refractivity contribution in [1.29, 1.82) is 0 Å². The molecule has 7 nitrogen and oxygen atoms in total. The van der Waals surface area contributed by atoms with Crippen LogP contribution >= 0.6 is 0 Å². The number of hydrogen-bond donors (Lipinski definition) is 2. The topological polar surface area (TPSA) is 97.2 Å². The quantitative estimate of drug-likeness (QED) is 0.422. The summed E-state index contributed by atoms with van der Waals surface area (Å²) >= 11 is 0. The minimum absolute atomic E-state index is 0.123. The Morgan fingerprint density at radius 2 is 1.81 bits per heavy atom. The van der Waals surface area contributed by atoms with Crippen LogP contribution in [-0.4, -0.2) is 34.8 Å². The Morgan fingerprint density at radius 1 is 1.03 bits per heavy atom. The lowest BCUT2D eigenvalue weighted by atomic mass is 10.0. The lowest BCUT2D eigenvalue weighted by Gasteiger charge is -2.17. The zero-order chi connectivity index (χ0) is 22.5. The molecule has 5 rings (SSSR count). The Hall–Kier alpha value is -3.62. The Morgan fingerprint density at radius 3 is 2.56 bits per heavy atom. The lowest BCUT2D eigenvalue weighted by Crippen LogP contribution is -2.18. The average molecular weight is 448 g/mol. The fourth-order valence-corrected chi connectivity index (χ4v) is 5.61. The second-order valence-electron chi connectivity index (χ2n) is 7.58. The molecule has 0 radical (unpaired) electrons. The largest absolute Gasteiger partial charge is 0.495 e. The predicted molar refractivity (Wildman–Crippen MR) is 122 cm³/mol. The van der Waals surface area contributed by atoms with E-state index in [-0.39, 0.29) is 10.6 Å². The number of hydrogen-bond acceptors (Lipinski definition) is 5. The fourth-order valence-electron chi connectivity index (χ4n) is 4.03. The van der Waals surface area contributed by atoms with Crippen LogP contribution < -0.4 is 4.74 Å². The summed E-state index contributed by atoms with van der Waals surface area (Å²) in [4.78, 5) is 0.123. The van der Waals surface area contributed by atoms with Crippen LogP contribution in [0.3, 0.4) is 0 Å². The normalized spacial score (nSPS) is 13.0. The highest BCUT2D eigenvalue weighted by Crippen LogP contribution is 2.37. The first kappa shape index (κ1) is 20.3. The number of aromatic nitrogens is 3. The maximum absolute atomic E-state index is 13.7. The van der Waals surface area contributed by atoms with E-state index in [0.717, 1.165) is 16.6 Å². The first-order chi connectivity index (χ1) is 15.4. The molecule has 2 heterocycles. The summed E-state index contributed by atoms with van der Waals surface area (Å²) in [5.74, 6) is 0.404. The van der Waals surface area contributed by atoms with Crippen LogP contribution in [0, 0.1) is 6.92 Å². The van der Waals surface area contributed by atoms with Crippen molar-refractivity contribution in [2.45, 2.75) is 17.9 Å². The van der Waals surface area contributed by atoms with Gasteiger partial charge in [0.25, 0.3) is 10.0 Å². The average Bonchev–Trinajstić information content (AvgIpc) is 3.40. The first-order valence-electron chi connectivity index (χ1n) is 10.0. The molecular weight excluding hydrogens is 426 g/mol. The molecule has 0 aliphatic rings. The van der Waals surface area contributed by atoms with Crippen molar-refractivity contribution >= 4 is 31.8 Å². The predicted octanol–water partition coefficient (Wildman–Crippen LogP) is 4.15. The highest BCUT2D eigenvalue weighted by Gasteiger charge is 2.29. The van der Waals surface area contributed by atoms with Gasteiger partial charge in [-0.15, -0.1) is 0 Å². The van der Waals surface area contributed by atoms with E-state index in [1.807, 2.05) is 13.0 Å². The maximum Gasteiger partial charge on any atom is 0.268 e. The van der Waals surface area contributed by atoms with Crippen LogP contribution in [-0.2, 0) is 10.0 Å². The number of aromatic amines is 1. The second kappa shape index (κ2) is 7.51. The van der Waals surface area contributed by atoms with E-state index in [9.17, 15) is 13.5 Å². The van der Waals surface area contributed by atoms with Gasteiger partial charge < -0.3 is 9.84 Å². The SMILES string of the molecule is COc1cccc2cc(C(O)c3ccc4n[nH]c(C)c4c3)n(S(=O)(=O)c3ccccc3)c12. The van der Waals surface area contributed by atoms with Gasteiger partial charge in [-0.2, -0.15) is 5.10 Å². The Balaban J connectivity index is 1.79. The molecular formula is C24H21N3O4S. The van der Waals surface area contributed by atoms with Crippen LogP contribution in [0.15, 0.2) is 77.7 Å². The van der Waals surface area contributed by atoms with Gasteiger partial charge >= 0.3 is 0 Å². The van der Waals surface area contributed by atoms with E-state index in [1.54, 1.807) is 54.6 Å². The number of methoxy groups -OCH3 is 1. The summed E-state index contributed by atoms with van der Waals surface area (Å²) in [6.45, 7) is 1.90. The van der Waals surface area contributed by atoms with Crippen molar-refractivity contribution in [3.05, 3.63) is 89.7 Å². The number of rotatable bonds is 5. The van der Waals surface area contributed by atoms with Gasteiger partial charge in [0.1, 0.15) is 17.4 Å². The number of nitrogens with zero attached hydrogens (tertiary/aromatic N) is 2. The van der Waals surface area contributed by atoms with Gasteiger partial charge in [-0.3, -0.25) is 5.10 Å². The van der Waals surface area contributed by atoms with Crippen molar-refractivity contribution in [3.63, 3.8) is 0 Å². The molecule has 5 aromatic rings. The maximum atomic E-state index is 13.7. The number of para-hydroxylation sites is 1. The molecule has 1 atom stereocenters. The van der Waals surface area contributed by atoms with E-state index in [2.05, 4.69) is 10.2 Å². The highest BCUT2D eigenvalue weighted by molar-refractivity contribution is 7.90. The van der Waals surface area contributed by atoms with E-state index in [4.69, 9.17) is 4.74 Å². The van der Waals surface area contributed by atoms with Crippen molar-refractivity contribution in [1.82, 2.24) is 14.2 Å². The number of aryl methyl sites for hydroxylation is 1. The van der Waals surface area contributed by atoms with Crippen LogP contribution in [0.5, 0.6) is 5.75 Å². The first-order valence-corrected chi connectivity index (χ1v) is 11.5. The van der Waals surface area contributed by atoms with E-state index in [0.29, 0.717) is 22.2 Å². The molecule has 0 spiro atoms. The Kier molecular flexibility index (Phi) is 4.76. The van der Waals surface area contributed by atoms with Crippen LogP contribution in [0.25, 0.3) is 21.8 Å². The summed E-state index contributed by atoms with van der Waals surface area (Å²) in [5, 5.41) is 20.0. The van der Waals surface area contributed by atoms with Gasteiger partial charge in [0.15, 0.2) is 0 Å². The third kappa shape index (κ3) is 3.07. The smallest absolute Gasteiger partial charge is 0.268 e. The molecule has 0 amide bonds. The number of benzene rings is 3. The van der Waals surface area contributed by atoms with E-state index >= 15 is 0 Å². The molecule has 0 saturated carbocycles. The number of ether oxygens (including phenoxy) is 1. The zero-order valence-electron chi connectivity index (χ0n) is 17.5. The molecule has 0 saturated heterocycles. The van der Waals surface area contributed by atoms with Crippen LogP contribution in [0.2, 0.25) is 0 Å². The molecule has 8 heteroatoms. The third-order valence-electron chi connectivity index (χ3n) is 5.64. The van der Waals surface area contributed by atoms with Gasteiger partial charge in [0, 0.05) is 16.5 Å². The van der Waals surface area contributed by atoms with Crippen molar-refractivity contribution < 1.29 is 18.3 Å². The number of aliphatic hydroxyl groups is 1. The molecule has 1 unspecified atom stereocenters. The number of aliphatic hydroxyl groups excluding tert-OH is 1. The second-order valence-corrected chi connectivity index (χ2v) is 9.36. The fraction of sp³-hybridized carbons (Fsp3) is 0.125. The van der Waals surface area contributed by atoms with E-state index < -0.39 is 16.1 Å². The number of nitrogens with one attached hydrogen (secondary N) is 1. The van der Waals surface area contributed by atoms with Gasteiger partial charge in [-0.1, -0.05) is 36.4 Å². The van der Waals surface area contributed by atoms with Gasteiger partial charge in [-0.05, 0) is 48.9 Å². The van der Waals surface area contributed by atoms with Gasteiger partial charge in [0.2, 0.25) is 0 Å². The molecule has 0 bridgehead atoms. The summed E-state index contributed by atoms with van der Waals surface area (Å²) in [5.41, 5.74) is 2.82.